The monoisotopic (exact) mass is 385 g/mol. The maximum Gasteiger partial charge on any atom is 0.226 e. The van der Waals surface area contributed by atoms with Gasteiger partial charge in [-0.15, -0.1) is 0 Å². The van der Waals surface area contributed by atoms with Gasteiger partial charge in [-0.25, -0.2) is 0 Å². The molecule has 0 radical (unpaired) electrons. The van der Waals surface area contributed by atoms with Crippen molar-refractivity contribution in [3.05, 3.63) is 28.8 Å². The third kappa shape index (κ3) is 4.06. The molecule has 0 saturated carbocycles. The van der Waals surface area contributed by atoms with Crippen LogP contribution in [0.3, 0.4) is 0 Å². The molecule has 0 bridgehead atoms. The molecule has 1 aromatic carbocycles. The third-order valence-corrected chi connectivity index (χ3v) is 7.24. The highest BCUT2D eigenvalue weighted by Crippen LogP contribution is 2.30. The van der Waals surface area contributed by atoms with Gasteiger partial charge in [0.1, 0.15) is 5.75 Å². The molecule has 3 aliphatic heterocycles. The minimum absolute atomic E-state index is 0.187. The van der Waals surface area contributed by atoms with Crippen LogP contribution in [-0.2, 0) is 17.8 Å². The third-order valence-electron chi connectivity index (χ3n) is 7.24. The number of hydrogen-bond donors (Lipinski definition) is 1. The summed E-state index contributed by atoms with van der Waals surface area (Å²) in [6.45, 7) is 11.4. The van der Waals surface area contributed by atoms with Crippen LogP contribution in [0.4, 0.5) is 0 Å². The molecular formula is C23H35N3O2. The van der Waals surface area contributed by atoms with E-state index in [1.165, 1.54) is 43.6 Å². The lowest BCUT2D eigenvalue weighted by Crippen LogP contribution is -2.49. The summed E-state index contributed by atoms with van der Waals surface area (Å²) in [5, 5.41) is 9.93. The molecule has 1 aromatic rings. The van der Waals surface area contributed by atoms with Gasteiger partial charge >= 0.3 is 0 Å². The predicted molar refractivity (Wildman–Crippen MR) is 111 cm³/mol. The van der Waals surface area contributed by atoms with Gasteiger partial charge in [0.2, 0.25) is 5.91 Å². The van der Waals surface area contributed by atoms with E-state index in [0.717, 1.165) is 50.5 Å². The van der Waals surface area contributed by atoms with Crippen LogP contribution >= 0.6 is 0 Å². The van der Waals surface area contributed by atoms with Crippen molar-refractivity contribution < 1.29 is 9.90 Å². The highest BCUT2D eigenvalue weighted by molar-refractivity contribution is 5.79. The second-order valence-electron chi connectivity index (χ2n) is 8.89. The first-order valence-corrected chi connectivity index (χ1v) is 11.1. The number of benzene rings is 1. The first-order chi connectivity index (χ1) is 13.5. The van der Waals surface area contributed by atoms with E-state index in [9.17, 15) is 9.90 Å². The molecule has 0 spiro atoms. The van der Waals surface area contributed by atoms with Crippen molar-refractivity contribution in [2.24, 2.45) is 5.92 Å². The number of aromatic hydroxyl groups is 1. The van der Waals surface area contributed by atoms with Gasteiger partial charge in [0.25, 0.3) is 0 Å². The van der Waals surface area contributed by atoms with Gasteiger partial charge in [-0.3, -0.25) is 4.79 Å². The number of likely N-dealkylation sites (tertiary alicyclic amines) is 2. The van der Waals surface area contributed by atoms with Crippen LogP contribution in [0.1, 0.15) is 49.3 Å². The minimum Gasteiger partial charge on any atom is -0.508 e. The summed E-state index contributed by atoms with van der Waals surface area (Å²) in [5.41, 5.74) is 3.30. The molecule has 5 nitrogen and oxygen atoms in total. The number of hydrogen-bond acceptors (Lipinski definition) is 4. The summed E-state index contributed by atoms with van der Waals surface area (Å²) in [5.74, 6) is 0.902. The van der Waals surface area contributed by atoms with E-state index in [4.69, 9.17) is 0 Å². The molecule has 0 aromatic heterocycles. The van der Waals surface area contributed by atoms with Crippen molar-refractivity contribution in [2.75, 3.05) is 39.3 Å². The number of carbonyl (C=O) groups is 1. The molecule has 3 aliphatic rings. The number of aryl methyl sites for hydroxylation is 1. The average Bonchev–Trinajstić information content (AvgIpc) is 2.74. The first-order valence-electron chi connectivity index (χ1n) is 11.1. The summed E-state index contributed by atoms with van der Waals surface area (Å²) < 4.78 is 0. The molecule has 2 saturated heterocycles. The first kappa shape index (κ1) is 19.7. The number of phenols is 1. The molecule has 3 heterocycles. The minimum atomic E-state index is 0.187. The van der Waals surface area contributed by atoms with Crippen molar-refractivity contribution in [1.29, 1.82) is 0 Å². The SMILES string of the molecule is CCN1CCC(N2CCC(C(=O)N3CCc4cc(O)c(C)cc4C3)CC2)CC1. The molecule has 4 rings (SSSR count). The Bertz CT molecular complexity index is 704. The smallest absolute Gasteiger partial charge is 0.226 e. The van der Waals surface area contributed by atoms with Crippen molar-refractivity contribution >= 4 is 5.91 Å². The topological polar surface area (TPSA) is 47.0 Å². The van der Waals surface area contributed by atoms with Gasteiger partial charge in [0.05, 0.1) is 0 Å². The number of carbonyl (C=O) groups excluding carboxylic acids is 1. The zero-order valence-electron chi connectivity index (χ0n) is 17.5. The Morgan fingerprint density at radius 2 is 1.75 bits per heavy atom. The fraction of sp³-hybridized carbons (Fsp3) is 0.696. The molecule has 0 unspecified atom stereocenters. The van der Waals surface area contributed by atoms with Crippen LogP contribution in [0.5, 0.6) is 5.75 Å². The number of amides is 1. The summed E-state index contributed by atoms with van der Waals surface area (Å²) in [6, 6.07) is 4.65. The van der Waals surface area contributed by atoms with Crippen LogP contribution in [0, 0.1) is 12.8 Å². The largest absolute Gasteiger partial charge is 0.508 e. The maximum absolute atomic E-state index is 13.1. The maximum atomic E-state index is 13.1. The van der Waals surface area contributed by atoms with Gasteiger partial charge in [-0.1, -0.05) is 13.0 Å². The van der Waals surface area contributed by atoms with Gasteiger partial charge in [0.15, 0.2) is 0 Å². The van der Waals surface area contributed by atoms with E-state index in [-0.39, 0.29) is 5.92 Å². The van der Waals surface area contributed by atoms with E-state index < -0.39 is 0 Å². The van der Waals surface area contributed by atoms with Crippen molar-refractivity contribution in [3.8, 4) is 5.75 Å². The van der Waals surface area contributed by atoms with E-state index >= 15 is 0 Å². The number of piperidine rings is 2. The molecule has 0 aliphatic carbocycles. The predicted octanol–water partition coefficient (Wildman–Crippen LogP) is 2.78. The van der Waals surface area contributed by atoms with Crippen molar-refractivity contribution in [1.82, 2.24) is 14.7 Å². The van der Waals surface area contributed by atoms with Gasteiger partial charge in [0, 0.05) is 25.0 Å². The highest BCUT2D eigenvalue weighted by atomic mass is 16.3. The van der Waals surface area contributed by atoms with Crippen LogP contribution in [0.15, 0.2) is 12.1 Å². The normalized spacial score (nSPS) is 23.0. The Balaban J connectivity index is 1.30. The van der Waals surface area contributed by atoms with E-state index in [1.54, 1.807) is 0 Å². The lowest BCUT2D eigenvalue weighted by Gasteiger charge is -2.42. The summed E-state index contributed by atoms with van der Waals surface area (Å²) in [7, 11) is 0. The second kappa shape index (κ2) is 8.42. The standard InChI is InChI=1S/C23H35N3O2/c1-3-24-9-7-21(8-10-24)25-11-4-18(5-12-25)23(28)26-13-6-19-15-22(27)17(2)14-20(19)16-26/h14-15,18,21,27H,3-13,16H2,1-2H3. The Hall–Kier alpha value is -1.59. The zero-order chi connectivity index (χ0) is 19.7. The summed E-state index contributed by atoms with van der Waals surface area (Å²) in [4.78, 5) is 20.4. The van der Waals surface area contributed by atoms with E-state index in [1.807, 2.05) is 13.0 Å². The fourth-order valence-corrected chi connectivity index (χ4v) is 5.28. The van der Waals surface area contributed by atoms with Crippen LogP contribution in [0.2, 0.25) is 0 Å². The van der Waals surface area contributed by atoms with Crippen LogP contribution in [-0.4, -0.2) is 71.0 Å². The summed E-state index contributed by atoms with van der Waals surface area (Å²) >= 11 is 0. The van der Waals surface area contributed by atoms with Gasteiger partial charge < -0.3 is 19.8 Å². The average molecular weight is 386 g/mol. The second-order valence-corrected chi connectivity index (χ2v) is 8.89. The number of fused-ring (bicyclic) bond motifs is 1. The molecule has 1 N–H and O–H groups in total. The number of nitrogens with zero attached hydrogens (tertiary/aromatic N) is 3. The Labute approximate surface area is 169 Å². The van der Waals surface area contributed by atoms with E-state index in [2.05, 4.69) is 27.7 Å². The van der Waals surface area contributed by atoms with Crippen LogP contribution in [0.25, 0.3) is 0 Å². The van der Waals surface area contributed by atoms with Gasteiger partial charge in [-0.2, -0.15) is 0 Å². The van der Waals surface area contributed by atoms with Crippen LogP contribution < -0.4 is 0 Å². The molecule has 154 valence electrons. The molecule has 0 atom stereocenters. The Kier molecular flexibility index (Phi) is 5.93. The van der Waals surface area contributed by atoms with Gasteiger partial charge in [-0.05, 0) is 94.5 Å². The Morgan fingerprint density at radius 3 is 2.43 bits per heavy atom. The molecule has 1 amide bonds. The lowest BCUT2D eigenvalue weighted by molar-refractivity contribution is -0.138. The van der Waals surface area contributed by atoms with Crippen molar-refractivity contribution in [2.45, 2.75) is 58.5 Å². The zero-order valence-corrected chi connectivity index (χ0v) is 17.5. The molecular weight excluding hydrogens is 350 g/mol. The number of phenolic OH excluding ortho intramolecular Hbond substituents is 1. The quantitative estimate of drug-likeness (QED) is 0.869. The number of rotatable bonds is 3. The molecule has 28 heavy (non-hydrogen) atoms. The molecule has 2 fully saturated rings. The molecule has 5 heteroatoms. The lowest BCUT2D eigenvalue weighted by atomic mass is 9.90. The fourth-order valence-electron chi connectivity index (χ4n) is 5.28. The summed E-state index contributed by atoms with van der Waals surface area (Å²) in [6.07, 6.45) is 5.42. The Morgan fingerprint density at radius 1 is 1.04 bits per heavy atom. The highest BCUT2D eigenvalue weighted by Gasteiger charge is 2.33. The van der Waals surface area contributed by atoms with Crippen molar-refractivity contribution in [3.63, 3.8) is 0 Å². The van der Waals surface area contributed by atoms with E-state index in [0.29, 0.717) is 18.2 Å².